The van der Waals surface area contributed by atoms with Crippen molar-refractivity contribution in [2.45, 2.75) is 45.6 Å². The summed E-state index contributed by atoms with van der Waals surface area (Å²) in [4.78, 5) is 27.8. The van der Waals surface area contributed by atoms with E-state index in [0.717, 1.165) is 24.3 Å². The summed E-state index contributed by atoms with van der Waals surface area (Å²) in [5.41, 5.74) is 6.74. The SMILES string of the molecule is CN(Cc1cccc(C(F)(F)F)c1)C(=O)c1ccc(-n2nc(-c3ccc(C(F)(F)F)cc3)c3c2CC(C)(C)CC3=O)c(N)c1. The second-order valence-electron chi connectivity index (χ2n) is 11.7. The van der Waals surface area contributed by atoms with Gasteiger partial charge in [0.15, 0.2) is 5.78 Å². The number of nitrogens with two attached hydrogens (primary N) is 1. The summed E-state index contributed by atoms with van der Waals surface area (Å²) in [5.74, 6) is -0.677. The van der Waals surface area contributed by atoms with E-state index in [4.69, 9.17) is 5.73 Å². The van der Waals surface area contributed by atoms with Crippen molar-refractivity contribution in [2.24, 2.45) is 5.41 Å². The Labute approximate surface area is 249 Å². The van der Waals surface area contributed by atoms with Crippen LogP contribution in [-0.2, 0) is 25.3 Å². The Hall–Kier alpha value is -4.61. The summed E-state index contributed by atoms with van der Waals surface area (Å²) in [5, 5.41) is 4.64. The first-order valence-electron chi connectivity index (χ1n) is 13.6. The molecule has 1 heterocycles. The molecule has 1 aromatic heterocycles. The number of anilines is 1. The topological polar surface area (TPSA) is 81.2 Å². The molecule has 44 heavy (non-hydrogen) atoms. The van der Waals surface area contributed by atoms with Crippen LogP contribution in [0.5, 0.6) is 0 Å². The lowest BCUT2D eigenvalue weighted by Crippen LogP contribution is -2.28. The lowest BCUT2D eigenvalue weighted by atomic mass is 9.75. The van der Waals surface area contributed by atoms with E-state index in [1.165, 1.54) is 53.0 Å². The minimum atomic E-state index is -4.52. The molecule has 1 amide bonds. The maximum Gasteiger partial charge on any atom is 0.416 e. The first kappa shape index (κ1) is 30.8. The van der Waals surface area contributed by atoms with Gasteiger partial charge in [0.1, 0.15) is 5.69 Å². The van der Waals surface area contributed by atoms with Crippen LogP contribution in [0.25, 0.3) is 16.9 Å². The highest BCUT2D eigenvalue weighted by Crippen LogP contribution is 2.41. The molecule has 0 fully saturated rings. The fourth-order valence-corrected chi connectivity index (χ4v) is 5.46. The number of fused-ring (bicyclic) bond motifs is 1. The van der Waals surface area contributed by atoms with E-state index in [0.29, 0.717) is 34.5 Å². The Morgan fingerprint density at radius 3 is 2.20 bits per heavy atom. The third kappa shape index (κ3) is 6.06. The fourth-order valence-electron chi connectivity index (χ4n) is 5.46. The number of nitrogens with zero attached hydrogens (tertiary/aromatic N) is 3. The molecule has 0 aliphatic heterocycles. The molecule has 230 valence electrons. The van der Waals surface area contributed by atoms with Crippen LogP contribution in [0.3, 0.4) is 0 Å². The minimum absolute atomic E-state index is 0.0786. The third-order valence-electron chi connectivity index (χ3n) is 7.55. The average Bonchev–Trinajstić information content (AvgIpc) is 3.30. The molecule has 3 aromatic carbocycles. The standard InChI is InChI=1S/C32H28F6N4O2/c1-30(2)15-25-27(26(43)16-30)28(19-7-10-21(11-8-19)31(33,34)35)40-42(25)24-12-9-20(14-23(24)39)29(44)41(3)17-18-5-4-6-22(13-18)32(36,37)38/h4-14H,15-17,39H2,1-3H3. The van der Waals surface area contributed by atoms with Crippen LogP contribution in [0.1, 0.15) is 63.4 Å². The third-order valence-corrected chi connectivity index (χ3v) is 7.55. The highest BCUT2D eigenvalue weighted by atomic mass is 19.4. The number of carbonyl (C=O) groups is 2. The van der Waals surface area contributed by atoms with E-state index in [-0.39, 0.29) is 35.7 Å². The molecule has 2 N–H and O–H groups in total. The minimum Gasteiger partial charge on any atom is -0.397 e. The zero-order valence-corrected chi connectivity index (χ0v) is 24.0. The smallest absolute Gasteiger partial charge is 0.397 e. The Morgan fingerprint density at radius 2 is 1.59 bits per heavy atom. The van der Waals surface area contributed by atoms with Crippen molar-refractivity contribution in [1.29, 1.82) is 0 Å². The van der Waals surface area contributed by atoms with Crippen LogP contribution >= 0.6 is 0 Å². The molecule has 0 spiro atoms. The number of halogens is 6. The predicted octanol–water partition coefficient (Wildman–Crippen LogP) is 7.59. The molecule has 1 aliphatic carbocycles. The van der Waals surface area contributed by atoms with Gasteiger partial charge in [-0.3, -0.25) is 9.59 Å². The Bertz CT molecular complexity index is 1750. The number of Topliss-reactive ketones (excluding diaryl/α,β-unsaturated/α-hetero) is 1. The lowest BCUT2D eigenvalue weighted by Gasteiger charge is -2.29. The van der Waals surface area contributed by atoms with Crippen molar-refractivity contribution >= 4 is 17.4 Å². The maximum absolute atomic E-state index is 13.3. The van der Waals surface area contributed by atoms with Crippen LogP contribution in [0, 0.1) is 5.41 Å². The van der Waals surface area contributed by atoms with Crippen molar-refractivity contribution in [2.75, 3.05) is 12.8 Å². The number of carbonyl (C=O) groups excluding carboxylic acids is 2. The molecule has 12 heteroatoms. The summed E-state index contributed by atoms with van der Waals surface area (Å²) in [6, 6.07) is 13.6. The van der Waals surface area contributed by atoms with Crippen molar-refractivity contribution in [3.05, 3.63) is 100 Å². The number of amides is 1. The summed E-state index contributed by atoms with van der Waals surface area (Å²) in [6.45, 7) is 3.77. The molecule has 0 radical (unpaired) electrons. The van der Waals surface area contributed by atoms with Crippen LogP contribution in [0.2, 0.25) is 0 Å². The summed E-state index contributed by atoms with van der Waals surface area (Å²) in [7, 11) is 1.46. The van der Waals surface area contributed by atoms with E-state index in [1.54, 1.807) is 6.07 Å². The van der Waals surface area contributed by atoms with Gasteiger partial charge in [-0.25, -0.2) is 4.68 Å². The Morgan fingerprint density at radius 1 is 0.932 bits per heavy atom. The van der Waals surface area contributed by atoms with Crippen LogP contribution in [-0.4, -0.2) is 33.4 Å². The summed E-state index contributed by atoms with van der Waals surface area (Å²) >= 11 is 0. The quantitative estimate of drug-likeness (QED) is 0.186. The van der Waals surface area contributed by atoms with Crippen LogP contribution < -0.4 is 5.73 Å². The highest BCUT2D eigenvalue weighted by Gasteiger charge is 2.38. The van der Waals surface area contributed by atoms with Gasteiger partial charge in [-0.15, -0.1) is 0 Å². The number of nitrogen functional groups attached to an aromatic ring is 1. The number of hydrogen-bond acceptors (Lipinski definition) is 4. The molecule has 0 bridgehead atoms. The molecule has 1 aliphatic rings. The fraction of sp³-hybridized carbons (Fsp3) is 0.281. The van der Waals surface area contributed by atoms with E-state index < -0.39 is 34.8 Å². The molecule has 0 saturated carbocycles. The summed E-state index contributed by atoms with van der Waals surface area (Å²) in [6.07, 6.45) is -8.38. The van der Waals surface area contributed by atoms with Crippen molar-refractivity contribution in [1.82, 2.24) is 14.7 Å². The van der Waals surface area contributed by atoms with Crippen molar-refractivity contribution in [3.63, 3.8) is 0 Å². The van der Waals surface area contributed by atoms with E-state index in [9.17, 15) is 35.9 Å². The van der Waals surface area contributed by atoms with Crippen molar-refractivity contribution < 1.29 is 35.9 Å². The van der Waals surface area contributed by atoms with Crippen molar-refractivity contribution in [3.8, 4) is 16.9 Å². The van der Waals surface area contributed by atoms with E-state index in [1.807, 2.05) is 13.8 Å². The monoisotopic (exact) mass is 614 g/mol. The average molecular weight is 615 g/mol. The predicted molar refractivity (Wildman–Crippen MR) is 152 cm³/mol. The molecule has 0 saturated heterocycles. The zero-order chi connectivity index (χ0) is 32.2. The number of alkyl halides is 6. The van der Waals surface area contributed by atoms with E-state index >= 15 is 0 Å². The number of aromatic nitrogens is 2. The molecule has 4 aromatic rings. The van der Waals surface area contributed by atoms with Gasteiger partial charge >= 0.3 is 12.4 Å². The van der Waals surface area contributed by atoms with Crippen LogP contribution in [0.4, 0.5) is 32.0 Å². The second-order valence-corrected chi connectivity index (χ2v) is 11.7. The number of benzene rings is 3. The van der Waals surface area contributed by atoms with Gasteiger partial charge in [0, 0.05) is 31.1 Å². The normalized spacial score (nSPS) is 14.8. The first-order valence-corrected chi connectivity index (χ1v) is 13.6. The van der Waals surface area contributed by atoms with Gasteiger partial charge < -0.3 is 10.6 Å². The molecule has 0 atom stereocenters. The number of hydrogen-bond donors (Lipinski definition) is 1. The van der Waals surface area contributed by atoms with Gasteiger partial charge in [-0.2, -0.15) is 31.4 Å². The van der Waals surface area contributed by atoms with Gasteiger partial charge in [0.25, 0.3) is 5.91 Å². The van der Waals surface area contributed by atoms with Crippen LogP contribution in [0.15, 0.2) is 66.7 Å². The van der Waals surface area contributed by atoms with Gasteiger partial charge in [0.05, 0.1) is 33.8 Å². The first-order chi connectivity index (χ1) is 20.4. The molecule has 6 nitrogen and oxygen atoms in total. The van der Waals surface area contributed by atoms with E-state index in [2.05, 4.69) is 5.10 Å². The second kappa shape index (κ2) is 10.8. The van der Waals surface area contributed by atoms with Gasteiger partial charge in [0.2, 0.25) is 0 Å². The largest absolute Gasteiger partial charge is 0.416 e. The van der Waals surface area contributed by atoms with Gasteiger partial charge in [-0.05, 0) is 59.9 Å². The summed E-state index contributed by atoms with van der Waals surface area (Å²) < 4.78 is 80.3. The molecule has 5 rings (SSSR count). The number of ketones is 1. The maximum atomic E-state index is 13.3. The molecular formula is C32H28F6N4O2. The zero-order valence-electron chi connectivity index (χ0n) is 24.0. The Balaban J connectivity index is 1.49. The molecule has 0 unspecified atom stereocenters. The number of rotatable bonds is 5. The Kier molecular flexibility index (Phi) is 7.59. The highest BCUT2D eigenvalue weighted by molar-refractivity contribution is 6.04. The lowest BCUT2D eigenvalue weighted by molar-refractivity contribution is -0.138. The molecular weight excluding hydrogens is 586 g/mol. The van der Waals surface area contributed by atoms with Gasteiger partial charge in [-0.1, -0.05) is 38.1 Å².